The van der Waals surface area contributed by atoms with Gasteiger partial charge in [0.25, 0.3) is 0 Å². The van der Waals surface area contributed by atoms with Gasteiger partial charge in [-0.25, -0.2) is 9.38 Å². The minimum absolute atomic E-state index is 0.347. The third kappa shape index (κ3) is 2.40. The number of allylic oxidation sites excluding steroid dienone is 2. The summed E-state index contributed by atoms with van der Waals surface area (Å²) in [6, 6.07) is 8.29. The predicted molar refractivity (Wildman–Crippen MR) is 84.6 cm³/mol. The molecule has 2 aromatic rings. The normalized spacial score (nSPS) is 14.3. The van der Waals surface area contributed by atoms with E-state index in [0.717, 1.165) is 30.4 Å². The van der Waals surface area contributed by atoms with Gasteiger partial charge in [0.2, 0.25) is 0 Å². The van der Waals surface area contributed by atoms with Gasteiger partial charge in [-0.2, -0.15) is 5.26 Å². The van der Waals surface area contributed by atoms with Crippen LogP contribution < -0.4 is 5.73 Å². The van der Waals surface area contributed by atoms with Crippen molar-refractivity contribution in [3.63, 3.8) is 0 Å². The van der Waals surface area contributed by atoms with E-state index in [1.165, 1.54) is 18.5 Å². The third-order valence-electron chi connectivity index (χ3n) is 3.76. The predicted octanol–water partition coefficient (Wildman–Crippen LogP) is 3.67. The Labute approximate surface area is 128 Å². The van der Waals surface area contributed by atoms with Crippen molar-refractivity contribution in [3.05, 3.63) is 53.6 Å². The molecule has 1 aromatic carbocycles. The lowest BCUT2D eigenvalue weighted by molar-refractivity contribution is 0.626. The van der Waals surface area contributed by atoms with Crippen molar-refractivity contribution in [2.75, 3.05) is 0 Å². The zero-order valence-corrected chi connectivity index (χ0v) is 12.0. The first-order valence-electron chi connectivity index (χ1n) is 7.09. The number of hydrogen-bond donors (Lipinski definition) is 1. The first-order chi connectivity index (χ1) is 10.7. The molecule has 0 saturated heterocycles. The van der Waals surface area contributed by atoms with E-state index < -0.39 is 0 Å². The van der Waals surface area contributed by atoms with Crippen LogP contribution in [0.5, 0.6) is 0 Å². The highest BCUT2D eigenvalue weighted by molar-refractivity contribution is 5.81. The van der Waals surface area contributed by atoms with Crippen LogP contribution in [-0.2, 0) is 0 Å². The Balaban J connectivity index is 2.23. The molecule has 0 atom stereocenters. The molecule has 0 bridgehead atoms. The number of hydrogen-bond acceptors (Lipinski definition) is 2. The fraction of sp³-hybridized carbons (Fsp3) is 0.176. The zero-order valence-electron chi connectivity index (χ0n) is 12.0. The standard InChI is InChI=1S/C17H15FN4/c18-13-6-3-7-14(8-13)22-10-15(12-4-1-2-5-12)17(21-11-20)16(22)9-19/h3-4,6-8,10-11H,1-2,5H2,(H2,20,21). The molecule has 1 aliphatic carbocycles. The smallest absolute Gasteiger partial charge is 0.151 e. The van der Waals surface area contributed by atoms with Gasteiger partial charge >= 0.3 is 0 Å². The number of halogens is 1. The summed E-state index contributed by atoms with van der Waals surface area (Å²) in [6.07, 6.45) is 8.24. The van der Waals surface area contributed by atoms with E-state index in [9.17, 15) is 9.65 Å². The van der Waals surface area contributed by atoms with Crippen LogP contribution in [0, 0.1) is 17.1 Å². The number of benzene rings is 1. The van der Waals surface area contributed by atoms with Crippen LogP contribution in [0.1, 0.15) is 30.5 Å². The van der Waals surface area contributed by atoms with Crippen molar-refractivity contribution >= 4 is 17.6 Å². The molecule has 1 aromatic heterocycles. The second-order valence-corrected chi connectivity index (χ2v) is 5.10. The second kappa shape index (κ2) is 5.86. The van der Waals surface area contributed by atoms with Crippen molar-refractivity contribution < 1.29 is 4.39 Å². The molecule has 0 amide bonds. The summed E-state index contributed by atoms with van der Waals surface area (Å²) >= 11 is 0. The fourth-order valence-corrected chi connectivity index (χ4v) is 2.79. The number of nitrogens with two attached hydrogens (primary N) is 1. The summed E-state index contributed by atoms with van der Waals surface area (Å²) in [5.74, 6) is -0.347. The number of nitriles is 1. The lowest BCUT2D eigenvalue weighted by Crippen LogP contribution is -1.96. The van der Waals surface area contributed by atoms with Gasteiger partial charge in [0.15, 0.2) is 5.69 Å². The van der Waals surface area contributed by atoms with E-state index in [2.05, 4.69) is 17.1 Å². The summed E-state index contributed by atoms with van der Waals surface area (Å²) in [5, 5.41) is 9.51. The maximum absolute atomic E-state index is 13.5. The Morgan fingerprint density at radius 2 is 2.27 bits per heavy atom. The van der Waals surface area contributed by atoms with E-state index in [0.29, 0.717) is 17.1 Å². The van der Waals surface area contributed by atoms with Gasteiger partial charge in [-0.3, -0.25) is 0 Å². The Bertz CT molecular complexity index is 809. The maximum atomic E-state index is 13.5. The summed E-state index contributed by atoms with van der Waals surface area (Å²) < 4.78 is 15.2. The molecular formula is C17H15FN4. The van der Waals surface area contributed by atoms with Gasteiger partial charge in [-0.05, 0) is 43.0 Å². The maximum Gasteiger partial charge on any atom is 0.151 e. The molecular weight excluding hydrogens is 279 g/mol. The zero-order chi connectivity index (χ0) is 15.5. The average Bonchev–Trinajstić information content (AvgIpc) is 3.14. The van der Waals surface area contributed by atoms with E-state index in [1.54, 1.807) is 16.7 Å². The van der Waals surface area contributed by atoms with Crippen LogP contribution in [0.15, 0.2) is 41.5 Å². The van der Waals surface area contributed by atoms with Crippen LogP contribution in [0.2, 0.25) is 0 Å². The topological polar surface area (TPSA) is 67.1 Å². The summed E-state index contributed by atoms with van der Waals surface area (Å²) in [7, 11) is 0. The molecule has 5 heteroatoms. The van der Waals surface area contributed by atoms with Crippen molar-refractivity contribution in [2.45, 2.75) is 19.3 Å². The number of aliphatic imine (C=N–C) groups is 1. The van der Waals surface area contributed by atoms with Crippen LogP contribution >= 0.6 is 0 Å². The minimum atomic E-state index is -0.347. The molecule has 0 spiro atoms. The minimum Gasteiger partial charge on any atom is -0.390 e. The van der Waals surface area contributed by atoms with E-state index in [-0.39, 0.29) is 5.82 Å². The average molecular weight is 294 g/mol. The molecule has 3 rings (SSSR count). The number of aromatic nitrogens is 1. The van der Waals surface area contributed by atoms with Crippen LogP contribution in [-0.4, -0.2) is 10.9 Å². The molecule has 110 valence electrons. The van der Waals surface area contributed by atoms with Crippen LogP contribution in [0.4, 0.5) is 10.1 Å². The number of nitrogens with zero attached hydrogens (tertiary/aromatic N) is 3. The van der Waals surface area contributed by atoms with Crippen molar-refractivity contribution in [1.29, 1.82) is 5.26 Å². The largest absolute Gasteiger partial charge is 0.390 e. The van der Waals surface area contributed by atoms with Crippen molar-refractivity contribution in [3.8, 4) is 11.8 Å². The highest BCUT2D eigenvalue weighted by Crippen LogP contribution is 2.38. The van der Waals surface area contributed by atoms with Gasteiger partial charge in [-0.1, -0.05) is 12.1 Å². The summed E-state index contributed by atoms with van der Waals surface area (Å²) in [6.45, 7) is 0. The Kier molecular flexibility index (Phi) is 3.75. The monoisotopic (exact) mass is 294 g/mol. The Morgan fingerprint density at radius 1 is 1.41 bits per heavy atom. The molecule has 0 saturated carbocycles. The van der Waals surface area contributed by atoms with Gasteiger partial charge in [-0.15, -0.1) is 0 Å². The molecule has 4 nitrogen and oxygen atoms in total. The van der Waals surface area contributed by atoms with Crippen molar-refractivity contribution in [1.82, 2.24) is 4.57 Å². The molecule has 0 fully saturated rings. The highest BCUT2D eigenvalue weighted by Gasteiger charge is 2.20. The Morgan fingerprint density at radius 3 is 2.91 bits per heavy atom. The molecule has 2 N–H and O–H groups in total. The van der Waals surface area contributed by atoms with Gasteiger partial charge in [0, 0.05) is 17.4 Å². The van der Waals surface area contributed by atoms with E-state index >= 15 is 0 Å². The molecule has 1 aliphatic rings. The van der Waals surface area contributed by atoms with Gasteiger partial charge < -0.3 is 10.3 Å². The van der Waals surface area contributed by atoms with Crippen LogP contribution in [0.3, 0.4) is 0 Å². The SMILES string of the molecule is N#Cc1c(N=CN)c(C2=CCCC2)cn1-c1cccc(F)c1. The number of rotatable bonds is 3. The first kappa shape index (κ1) is 14.1. The van der Waals surface area contributed by atoms with E-state index in [1.807, 2.05) is 6.20 Å². The third-order valence-corrected chi connectivity index (χ3v) is 3.76. The first-order valence-corrected chi connectivity index (χ1v) is 7.09. The molecule has 0 aliphatic heterocycles. The molecule has 0 radical (unpaired) electrons. The second-order valence-electron chi connectivity index (χ2n) is 5.10. The lowest BCUT2D eigenvalue weighted by atomic mass is 10.1. The van der Waals surface area contributed by atoms with Crippen LogP contribution in [0.25, 0.3) is 11.3 Å². The quantitative estimate of drug-likeness (QED) is 0.693. The Hall–Kier alpha value is -2.87. The fourth-order valence-electron chi connectivity index (χ4n) is 2.79. The summed E-state index contributed by atoms with van der Waals surface area (Å²) in [4.78, 5) is 4.17. The van der Waals surface area contributed by atoms with E-state index in [4.69, 9.17) is 5.73 Å². The van der Waals surface area contributed by atoms with Crippen molar-refractivity contribution in [2.24, 2.45) is 10.7 Å². The van der Waals surface area contributed by atoms with Gasteiger partial charge in [0.1, 0.15) is 17.6 Å². The van der Waals surface area contributed by atoms with Gasteiger partial charge in [0.05, 0.1) is 6.34 Å². The molecule has 22 heavy (non-hydrogen) atoms. The molecule has 1 heterocycles. The molecule has 0 unspecified atom stereocenters. The lowest BCUT2D eigenvalue weighted by Gasteiger charge is -2.04. The highest BCUT2D eigenvalue weighted by atomic mass is 19.1. The summed E-state index contributed by atoms with van der Waals surface area (Å²) in [5.41, 5.74) is 8.98.